The molecule has 0 unspecified atom stereocenters. The smallest absolute Gasteiger partial charge is 0.411 e. The fourth-order valence-electron chi connectivity index (χ4n) is 9.07. The van der Waals surface area contributed by atoms with Crippen molar-refractivity contribution in [2.75, 3.05) is 13.2 Å². The lowest BCUT2D eigenvalue weighted by Crippen LogP contribution is -2.66. The minimum atomic E-state index is -5.09. The van der Waals surface area contributed by atoms with Crippen molar-refractivity contribution in [1.82, 2.24) is 24.8 Å². The summed E-state index contributed by atoms with van der Waals surface area (Å²) >= 11 is 0. The van der Waals surface area contributed by atoms with Crippen LogP contribution in [0.4, 0.5) is 18.0 Å². The number of pyridine rings is 1. The maximum Gasteiger partial charge on any atom is 0.411 e. The Morgan fingerprint density at radius 2 is 1.85 bits per heavy atom. The molecular weight excluding hydrogens is 808 g/mol. The van der Waals surface area contributed by atoms with Crippen LogP contribution in [-0.4, -0.2) is 105 Å². The number of carboxylic acid groups (broad SMARTS) is 1. The molecule has 3 aliphatic heterocycles. The zero-order valence-corrected chi connectivity index (χ0v) is 35.3. The average Bonchev–Trinajstić information content (AvgIpc) is 4.07. The lowest BCUT2D eigenvalue weighted by atomic mass is 9.82. The molecule has 0 radical (unpaired) electrons. The van der Waals surface area contributed by atoms with Crippen LogP contribution in [0.1, 0.15) is 98.0 Å². The zero-order valence-electron chi connectivity index (χ0n) is 34.5. The number of hydrogen-bond acceptors (Lipinski definition) is 9. The van der Waals surface area contributed by atoms with Crippen molar-refractivity contribution in [3.8, 4) is 11.8 Å². The first-order chi connectivity index (χ1) is 28.1. The van der Waals surface area contributed by atoms with Crippen molar-refractivity contribution in [3.63, 3.8) is 0 Å². The summed E-state index contributed by atoms with van der Waals surface area (Å²) in [4.78, 5) is 63.0. The Kier molecular flexibility index (Phi) is 11.4. The van der Waals surface area contributed by atoms with E-state index in [4.69, 9.17) is 9.47 Å². The fraction of sp³-hybridized carbons (Fsp3) is 0.643. The molecule has 1 aromatic heterocycles. The Balaban J connectivity index is 1.31. The highest BCUT2D eigenvalue weighted by molar-refractivity contribution is 7.91. The number of amides is 4. The van der Waals surface area contributed by atoms with E-state index in [1.807, 2.05) is 31.2 Å². The summed E-state index contributed by atoms with van der Waals surface area (Å²) in [5.74, 6) is -3.97. The highest BCUT2D eigenvalue weighted by Crippen LogP contribution is 2.48. The van der Waals surface area contributed by atoms with E-state index >= 15 is 4.79 Å². The van der Waals surface area contributed by atoms with E-state index in [9.17, 15) is 41.1 Å². The second-order valence-electron chi connectivity index (χ2n) is 18.0. The molecule has 3 N–H and O–H groups in total. The predicted molar refractivity (Wildman–Crippen MR) is 213 cm³/mol. The molecule has 18 heteroatoms. The van der Waals surface area contributed by atoms with Gasteiger partial charge in [-0.1, -0.05) is 50.6 Å². The van der Waals surface area contributed by atoms with Gasteiger partial charge in [-0.3, -0.25) is 24.0 Å². The molecule has 2 aromatic rings. The Morgan fingerprint density at radius 3 is 2.50 bits per heavy atom. The lowest BCUT2D eigenvalue weighted by molar-refractivity contribution is -0.222. The quantitative estimate of drug-likeness (QED) is 0.271. The van der Waals surface area contributed by atoms with Crippen molar-refractivity contribution >= 4 is 44.6 Å². The SMILES string of the molecule is CC[C@@H]1C[C@@H](C)CCC=C[C@@H]2C[C@@]2(C(=O)NS(=O)(=O)C2(C)CC2)NC(=O)[C@@H]2C[C@@H](Oc3nc4c(c5ccccc35)CCCO4)CN2C(=O)[C@H]1N(C(=O)O)C(C)(C)C(F)(F)F. The molecule has 3 fully saturated rings. The van der Waals surface area contributed by atoms with E-state index in [1.54, 1.807) is 19.1 Å². The molecule has 4 heterocycles. The maximum atomic E-state index is 15.2. The molecule has 5 aliphatic rings. The van der Waals surface area contributed by atoms with E-state index in [-0.39, 0.29) is 48.9 Å². The van der Waals surface area contributed by atoms with Gasteiger partial charge in [-0.15, -0.1) is 0 Å². The fourth-order valence-corrected chi connectivity index (χ4v) is 10.4. The number of hydrogen-bond donors (Lipinski definition) is 3. The van der Waals surface area contributed by atoms with E-state index in [0.717, 1.165) is 28.7 Å². The van der Waals surface area contributed by atoms with E-state index in [2.05, 4.69) is 15.0 Å². The van der Waals surface area contributed by atoms with Crippen LogP contribution in [0.15, 0.2) is 36.4 Å². The third-order valence-electron chi connectivity index (χ3n) is 13.4. The van der Waals surface area contributed by atoms with Gasteiger partial charge < -0.3 is 24.8 Å². The Hall–Kier alpha value is -4.61. The standard InChI is InChI=1S/C42H54F3N5O9S/c1-6-25-20-24(2)12-7-8-13-26-22-41(26,37(53)48-60(56,57)40(5)17-18-40)47-33(51)31-21-27(23-49(31)36(52)32(25)50(38(54)55)39(3,4)42(43,44)45)59-35-30-15-10-9-14-28(30)29-16-11-19-58-34(29)46-35/h8-10,13-15,24-27,31-32H,6-7,11-12,16-23H2,1-5H3,(H,47,51)(H,48,53)(H,54,55)/t24-,25+,26+,27+,31-,32-,41+/m0/s1. The number of sulfonamides is 1. The Morgan fingerprint density at radius 1 is 1.15 bits per heavy atom. The second-order valence-corrected chi connectivity index (χ2v) is 20.2. The topological polar surface area (TPSA) is 185 Å². The van der Waals surface area contributed by atoms with Crippen LogP contribution in [0.2, 0.25) is 0 Å². The van der Waals surface area contributed by atoms with E-state index < -0.39 is 85.9 Å². The van der Waals surface area contributed by atoms with Gasteiger partial charge >= 0.3 is 12.3 Å². The van der Waals surface area contributed by atoms with Crippen LogP contribution >= 0.6 is 0 Å². The summed E-state index contributed by atoms with van der Waals surface area (Å²) in [5, 5.41) is 14.8. The predicted octanol–water partition coefficient (Wildman–Crippen LogP) is 5.87. The van der Waals surface area contributed by atoms with Gasteiger partial charge in [0.15, 0.2) is 0 Å². The number of allylic oxidation sites excluding steroid dienone is 1. The summed E-state index contributed by atoms with van der Waals surface area (Å²) < 4.78 is 84.5. The number of alkyl halides is 3. The van der Waals surface area contributed by atoms with Gasteiger partial charge in [0.2, 0.25) is 33.6 Å². The van der Waals surface area contributed by atoms with Crippen LogP contribution in [0, 0.1) is 17.8 Å². The number of aryl methyl sites for hydroxylation is 1. The molecule has 1 saturated heterocycles. The number of rotatable bonds is 8. The first kappa shape index (κ1) is 43.5. The number of fused-ring (bicyclic) bond motifs is 5. The minimum Gasteiger partial charge on any atom is -0.477 e. The average molecular weight is 862 g/mol. The summed E-state index contributed by atoms with van der Waals surface area (Å²) in [5.41, 5.74) is -3.85. The molecule has 0 bridgehead atoms. The molecule has 7 rings (SSSR count). The molecule has 1 aromatic carbocycles. The van der Waals surface area contributed by atoms with Crippen molar-refractivity contribution in [3.05, 3.63) is 42.0 Å². The van der Waals surface area contributed by atoms with Crippen molar-refractivity contribution < 1.29 is 55.3 Å². The zero-order chi connectivity index (χ0) is 43.6. The molecule has 60 heavy (non-hydrogen) atoms. The number of benzene rings is 1. The lowest BCUT2D eigenvalue weighted by Gasteiger charge is -2.46. The molecule has 2 aliphatic carbocycles. The molecule has 14 nitrogen and oxygen atoms in total. The summed E-state index contributed by atoms with van der Waals surface area (Å²) in [6.45, 7) is 6.61. The van der Waals surface area contributed by atoms with Gasteiger partial charge in [0, 0.05) is 23.3 Å². The van der Waals surface area contributed by atoms with Crippen LogP contribution < -0.4 is 19.5 Å². The van der Waals surface area contributed by atoms with Gasteiger partial charge in [-0.05, 0) is 95.4 Å². The molecular formula is C42H54F3N5O9S. The van der Waals surface area contributed by atoms with Gasteiger partial charge in [-0.25, -0.2) is 13.2 Å². The number of nitrogens with zero attached hydrogens (tertiary/aromatic N) is 3. The number of halogens is 3. The largest absolute Gasteiger partial charge is 0.477 e. The Labute approximate surface area is 347 Å². The highest BCUT2D eigenvalue weighted by Gasteiger charge is 2.64. The third kappa shape index (κ3) is 7.88. The number of carbonyl (C=O) groups is 4. The molecule has 4 amide bonds. The second kappa shape index (κ2) is 15.7. The summed E-state index contributed by atoms with van der Waals surface area (Å²) in [6, 6.07) is 4.03. The summed E-state index contributed by atoms with van der Waals surface area (Å²) in [7, 11) is -4.12. The first-order valence-corrected chi connectivity index (χ1v) is 22.3. The van der Waals surface area contributed by atoms with Crippen molar-refractivity contribution in [2.24, 2.45) is 17.8 Å². The van der Waals surface area contributed by atoms with Crippen LogP contribution in [0.25, 0.3) is 10.8 Å². The molecule has 328 valence electrons. The minimum absolute atomic E-state index is 0.0571. The number of carbonyl (C=O) groups excluding carboxylic acids is 3. The van der Waals surface area contributed by atoms with Crippen molar-refractivity contribution in [2.45, 2.75) is 139 Å². The number of ether oxygens (including phenoxy) is 2. The number of aromatic nitrogens is 1. The van der Waals surface area contributed by atoms with Gasteiger partial charge in [0.05, 0.1) is 17.9 Å². The monoisotopic (exact) mass is 861 g/mol. The maximum absolute atomic E-state index is 15.2. The summed E-state index contributed by atoms with van der Waals surface area (Å²) in [6.07, 6.45) is -1.07. The highest BCUT2D eigenvalue weighted by atomic mass is 32.2. The molecule has 0 spiro atoms. The molecule has 7 atom stereocenters. The van der Waals surface area contributed by atoms with Gasteiger partial charge in [-0.2, -0.15) is 18.2 Å². The van der Waals surface area contributed by atoms with Gasteiger partial charge in [0.25, 0.3) is 5.91 Å². The van der Waals surface area contributed by atoms with Crippen LogP contribution in [0.5, 0.6) is 11.8 Å². The van der Waals surface area contributed by atoms with Crippen LogP contribution in [-0.2, 0) is 30.8 Å². The third-order valence-corrected chi connectivity index (χ3v) is 15.5. The van der Waals surface area contributed by atoms with Crippen LogP contribution in [0.3, 0.4) is 0 Å². The Bertz CT molecular complexity index is 2200. The first-order valence-electron chi connectivity index (χ1n) is 20.8. The van der Waals surface area contributed by atoms with Gasteiger partial charge in [0.1, 0.15) is 29.3 Å². The van der Waals surface area contributed by atoms with Crippen molar-refractivity contribution in [1.29, 1.82) is 0 Å². The van der Waals surface area contributed by atoms with E-state index in [1.165, 1.54) is 6.92 Å². The normalized spacial score (nSPS) is 29.4. The molecule has 2 saturated carbocycles. The number of nitrogens with one attached hydrogen (secondary N) is 2. The van der Waals surface area contributed by atoms with E-state index in [0.29, 0.717) is 57.4 Å².